The molecule has 0 saturated heterocycles. The molecule has 0 atom stereocenters. The van der Waals surface area contributed by atoms with Crippen molar-refractivity contribution < 1.29 is 9.53 Å². The Hall–Kier alpha value is -1.22. The number of hydrogen-bond donors (Lipinski definition) is 0. The molecule has 0 aliphatic carbocycles. The van der Waals surface area contributed by atoms with Crippen LogP contribution in [0.2, 0.25) is 10.0 Å². The Balaban J connectivity index is 2.17. The molecule has 0 heterocycles. The van der Waals surface area contributed by atoms with Crippen LogP contribution in [0.4, 0.5) is 0 Å². The number of halogens is 3. The molecule has 2 aromatic carbocycles. The van der Waals surface area contributed by atoms with E-state index in [0.29, 0.717) is 22.4 Å². The molecule has 0 fully saturated rings. The van der Waals surface area contributed by atoms with E-state index in [1.807, 2.05) is 12.1 Å². The fourth-order valence-corrected chi connectivity index (χ4v) is 2.10. The van der Waals surface area contributed by atoms with E-state index < -0.39 is 5.24 Å². The van der Waals surface area contributed by atoms with Crippen LogP contribution in [0, 0.1) is 0 Å². The van der Waals surface area contributed by atoms with Crippen molar-refractivity contribution in [3.05, 3.63) is 63.6 Å². The van der Waals surface area contributed by atoms with Gasteiger partial charge in [-0.15, -0.1) is 0 Å². The number of ether oxygens (including phenoxy) is 1. The molecule has 0 N–H and O–H groups in total. The zero-order valence-corrected chi connectivity index (χ0v) is 12.0. The fraction of sp³-hybridized carbons (Fsp3) is 0.0714. The molecule has 0 amide bonds. The lowest BCUT2D eigenvalue weighted by Gasteiger charge is -2.09. The Bertz CT molecular complexity index is 611. The Morgan fingerprint density at radius 1 is 1.05 bits per heavy atom. The maximum Gasteiger partial charge on any atom is 0.256 e. The van der Waals surface area contributed by atoms with E-state index in [-0.39, 0.29) is 5.56 Å². The minimum absolute atomic E-state index is 0.246. The molecule has 5 heteroatoms. The second-order valence-corrected chi connectivity index (χ2v) is 5.05. The topological polar surface area (TPSA) is 26.3 Å². The highest BCUT2D eigenvalue weighted by Crippen LogP contribution is 2.25. The molecule has 2 nitrogen and oxygen atoms in total. The van der Waals surface area contributed by atoms with Crippen molar-refractivity contribution >= 4 is 40.0 Å². The monoisotopic (exact) mass is 314 g/mol. The van der Waals surface area contributed by atoms with E-state index in [4.69, 9.17) is 39.5 Å². The molecule has 0 unspecified atom stereocenters. The molecule has 98 valence electrons. The van der Waals surface area contributed by atoms with Crippen molar-refractivity contribution in [3.63, 3.8) is 0 Å². The van der Waals surface area contributed by atoms with Crippen LogP contribution in [0.5, 0.6) is 5.75 Å². The van der Waals surface area contributed by atoms with Crippen LogP contribution < -0.4 is 4.74 Å². The molecule has 0 aromatic heterocycles. The van der Waals surface area contributed by atoms with Crippen LogP contribution in [-0.2, 0) is 6.61 Å². The molecule has 0 aliphatic heterocycles. The minimum Gasteiger partial charge on any atom is -0.488 e. The van der Waals surface area contributed by atoms with Gasteiger partial charge in [0.2, 0.25) is 0 Å². The lowest BCUT2D eigenvalue weighted by molar-refractivity contribution is 0.107. The zero-order chi connectivity index (χ0) is 13.8. The zero-order valence-electron chi connectivity index (χ0n) is 9.70. The first-order valence-corrected chi connectivity index (χ1v) is 6.56. The lowest BCUT2D eigenvalue weighted by Crippen LogP contribution is -2.00. The summed E-state index contributed by atoms with van der Waals surface area (Å²) >= 11 is 17.2. The summed E-state index contributed by atoms with van der Waals surface area (Å²) in [5, 5.41) is 0.452. The van der Waals surface area contributed by atoms with Gasteiger partial charge >= 0.3 is 0 Å². The second-order valence-electron chi connectivity index (χ2n) is 3.83. The molecule has 0 bridgehead atoms. The summed E-state index contributed by atoms with van der Waals surface area (Å²) in [6, 6.07) is 12.0. The Morgan fingerprint density at radius 2 is 1.79 bits per heavy atom. The summed E-state index contributed by atoms with van der Waals surface area (Å²) in [6.07, 6.45) is 0. The maximum absolute atomic E-state index is 11.3. The van der Waals surface area contributed by atoms with Gasteiger partial charge in [-0.25, -0.2) is 0 Å². The van der Waals surface area contributed by atoms with E-state index in [1.165, 1.54) is 6.07 Å². The molecule has 2 aromatic rings. The van der Waals surface area contributed by atoms with Gasteiger partial charge < -0.3 is 4.74 Å². The van der Waals surface area contributed by atoms with Crippen molar-refractivity contribution in [3.8, 4) is 5.75 Å². The Labute approximate surface area is 125 Å². The van der Waals surface area contributed by atoms with E-state index in [1.54, 1.807) is 24.3 Å². The van der Waals surface area contributed by atoms with Crippen LogP contribution >= 0.6 is 34.8 Å². The number of carbonyl (C=O) groups is 1. The van der Waals surface area contributed by atoms with E-state index >= 15 is 0 Å². The van der Waals surface area contributed by atoms with Gasteiger partial charge in [-0.05, 0) is 47.5 Å². The summed E-state index contributed by atoms with van der Waals surface area (Å²) in [5.74, 6) is 0.393. The van der Waals surface area contributed by atoms with Crippen molar-refractivity contribution in [2.24, 2.45) is 0 Å². The van der Waals surface area contributed by atoms with Crippen LogP contribution in [0.15, 0.2) is 42.5 Å². The second kappa shape index (κ2) is 6.29. The minimum atomic E-state index is -0.608. The van der Waals surface area contributed by atoms with Gasteiger partial charge in [0.15, 0.2) is 0 Å². The highest BCUT2D eigenvalue weighted by atomic mass is 35.5. The van der Waals surface area contributed by atoms with E-state index in [2.05, 4.69) is 0 Å². The Morgan fingerprint density at radius 3 is 2.47 bits per heavy atom. The smallest absolute Gasteiger partial charge is 0.256 e. The van der Waals surface area contributed by atoms with Gasteiger partial charge in [-0.2, -0.15) is 0 Å². The number of carbonyl (C=O) groups excluding carboxylic acids is 1. The van der Waals surface area contributed by atoms with Crippen molar-refractivity contribution in [2.75, 3.05) is 0 Å². The number of benzene rings is 2. The van der Waals surface area contributed by atoms with Crippen molar-refractivity contribution in [1.82, 2.24) is 0 Å². The Kier molecular flexibility index (Phi) is 4.70. The summed E-state index contributed by atoms with van der Waals surface area (Å²) in [7, 11) is 0. The quantitative estimate of drug-likeness (QED) is 0.746. The molecule has 0 aliphatic rings. The first-order chi connectivity index (χ1) is 9.06. The standard InChI is InChI=1S/C14H9Cl3O2/c15-10-3-1-2-9(6-10)8-19-13-5-4-11(16)7-12(13)14(17)18/h1-7H,8H2. The molecule has 2 rings (SSSR count). The van der Waals surface area contributed by atoms with Gasteiger partial charge in [-0.1, -0.05) is 35.3 Å². The molecule has 19 heavy (non-hydrogen) atoms. The van der Waals surface area contributed by atoms with Crippen LogP contribution in [-0.4, -0.2) is 5.24 Å². The molecular weight excluding hydrogens is 307 g/mol. The maximum atomic E-state index is 11.3. The number of rotatable bonds is 4. The third kappa shape index (κ3) is 3.87. The van der Waals surface area contributed by atoms with Crippen LogP contribution in [0.25, 0.3) is 0 Å². The largest absolute Gasteiger partial charge is 0.488 e. The summed E-state index contributed by atoms with van der Waals surface area (Å²) < 4.78 is 5.57. The van der Waals surface area contributed by atoms with Gasteiger partial charge in [0.05, 0.1) is 5.56 Å². The predicted octanol–water partition coefficient (Wildman–Crippen LogP) is 4.95. The van der Waals surface area contributed by atoms with Gasteiger partial charge in [-0.3, -0.25) is 4.79 Å². The average molecular weight is 316 g/mol. The van der Waals surface area contributed by atoms with Crippen molar-refractivity contribution in [1.29, 1.82) is 0 Å². The third-order valence-corrected chi connectivity index (χ3v) is 3.11. The molecular formula is C14H9Cl3O2. The van der Waals surface area contributed by atoms with Gasteiger partial charge in [0, 0.05) is 10.0 Å². The van der Waals surface area contributed by atoms with E-state index in [9.17, 15) is 4.79 Å². The first-order valence-electron chi connectivity index (χ1n) is 5.43. The van der Waals surface area contributed by atoms with Crippen LogP contribution in [0.3, 0.4) is 0 Å². The molecule has 0 saturated carbocycles. The summed E-state index contributed by atoms with van der Waals surface area (Å²) in [5.41, 5.74) is 1.15. The highest BCUT2D eigenvalue weighted by Gasteiger charge is 2.11. The highest BCUT2D eigenvalue weighted by molar-refractivity contribution is 6.68. The van der Waals surface area contributed by atoms with Gasteiger partial charge in [0.1, 0.15) is 12.4 Å². The van der Waals surface area contributed by atoms with Crippen molar-refractivity contribution in [2.45, 2.75) is 6.61 Å². The normalized spacial score (nSPS) is 10.3. The predicted molar refractivity (Wildman–Crippen MR) is 77.4 cm³/mol. The molecule has 0 radical (unpaired) electrons. The first kappa shape index (κ1) is 14.2. The third-order valence-electron chi connectivity index (χ3n) is 2.44. The van der Waals surface area contributed by atoms with Gasteiger partial charge in [0.25, 0.3) is 5.24 Å². The molecule has 0 spiro atoms. The number of hydrogen-bond acceptors (Lipinski definition) is 2. The summed E-state index contributed by atoms with van der Waals surface area (Å²) in [6.45, 7) is 0.291. The average Bonchev–Trinajstić information content (AvgIpc) is 2.37. The van der Waals surface area contributed by atoms with E-state index in [0.717, 1.165) is 5.56 Å². The lowest BCUT2D eigenvalue weighted by atomic mass is 10.2. The van der Waals surface area contributed by atoms with Crippen LogP contribution in [0.1, 0.15) is 15.9 Å². The SMILES string of the molecule is O=C(Cl)c1cc(Cl)ccc1OCc1cccc(Cl)c1. The summed E-state index contributed by atoms with van der Waals surface area (Å²) in [4.78, 5) is 11.3. The fourth-order valence-electron chi connectivity index (χ4n) is 1.57.